The molecule has 1 rings (SSSR count). The van der Waals surface area contributed by atoms with Crippen molar-refractivity contribution in [3.05, 3.63) is 29.3 Å². The number of rotatable bonds is 4. The highest BCUT2D eigenvalue weighted by molar-refractivity contribution is 5.96. The Balaban J connectivity index is 3.05. The Kier molecular flexibility index (Phi) is 4.55. The minimum absolute atomic E-state index is 0.0228. The zero-order chi connectivity index (χ0) is 13.9. The standard InChI is InChI=1S/C16H24O2/c1-11(2)13-9-12(7-8-15(13)18-6)14(17)10-16(3,4)5/h7-9,11H,10H2,1-6H3. The molecule has 2 heteroatoms. The monoisotopic (exact) mass is 248 g/mol. The summed E-state index contributed by atoms with van der Waals surface area (Å²) in [6.07, 6.45) is 0.566. The molecule has 0 radical (unpaired) electrons. The lowest BCUT2D eigenvalue weighted by Crippen LogP contribution is -2.13. The predicted molar refractivity (Wildman–Crippen MR) is 75.5 cm³/mol. The zero-order valence-electron chi connectivity index (χ0n) is 12.3. The van der Waals surface area contributed by atoms with Crippen LogP contribution in [0, 0.1) is 5.41 Å². The van der Waals surface area contributed by atoms with Gasteiger partial charge in [0, 0.05) is 12.0 Å². The fourth-order valence-electron chi connectivity index (χ4n) is 1.94. The molecule has 0 atom stereocenters. The van der Waals surface area contributed by atoms with Crippen molar-refractivity contribution in [1.82, 2.24) is 0 Å². The van der Waals surface area contributed by atoms with Crippen LogP contribution < -0.4 is 4.74 Å². The van der Waals surface area contributed by atoms with Gasteiger partial charge in [-0.15, -0.1) is 0 Å². The summed E-state index contributed by atoms with van der Waals surface area (Å²) in [5.41, 5.74) is 1.90. The number of carbonyl (C=O) groups is 1. The number of hydrogen-bond donors (Lipinski definition) is 0. The molecule has 0 amide bonds. The SMILES string of the molecule is COc1ccc(C(=O)CC(C)(C)C)cc1C(C)C. The molecule has 18 heavy (non-hydrogen) atoms. The molecular formula is C16H24O2. The third kappa shape index (κ3) is 3.86. The Bertz CT molecular complexity index is 425. The maximum atomic E-state index is 12.2. The smallest absolute Gasteiger partial charge is 0.163 e. The lowest BCUT2D eigenvalue weighted by molar-refractivity contribution is 0.0940. The van der Waals surface area contributed by atoms with Crippen LogP contribution in [-0.4, -0.2) is 12.9 Å². The summed E-state index contributed by atoms with van der Waals surface area (Å²) in [5, 5.41) is 0. The van der Waals surface area contributed by atoms with E-state index in [4.69, 9.17) is 4.74 Å². The lowest BCUT2D eigenvalue weighted by Gasteiger charge is -2.18. The van der Waals surface area contributed by atoms with Gasteiger partial charge in [-0.3, -0.25) is 4.79 Å². The molecule has 0 saturated heterocycles. The number of hydrogen-bond acceptors (Lipinski definition) is 2. The highest BCUT2D eigenvalue weighted by Crippen LogP contribution is 2.29. The van der Waals surface area contributed by atoms with Crippen molar-refractivity contribution in [2.45, 2.75) is 47.0 Å². The van der Waals surface area contributed by atoms with Crippen LogP contribution in [0.3, 0.4) is 0 Å². The van der Waals surface area contributed by atoms with E-state index in [0.717, 1.165) is 16.9 Å². The first-order valence-electron chi connectivity index (χ1n) is 6.46. The number of ether oxygens (including phenoxy) is 1. The maximum Gasteiger partial charge on any atom is 0.163 e. The Hall–Kier alpha value is -1.31. The van der Waals surface area contributed by atoms with E-state index in [1.54, 1.807) is 7.11 Å². The quantitative estimate of drug-likeness (QED) is 0.736. The second-order valence-corrected chi connectivity index (χ2v) is 6.27. The molecule has 1 aromatic rings. The van der Waals surface area contributed by atoms with E-state index in [0.29, 0.717) is 12.3 Å². The molecule has 0 aliphatic rings. The van der Waals surface area contributed by atoms with Crippen LogP contribution in [0.1, 0.15) is 62.9 Å². The second kappa shape index (κ2) is 5.55. The molecule has 0 aromatic heterocycles. The van der Waals surface area contributed by atoms with Gasteiger partial charge in [0.05, 0.1) is 7.11 Å². The van der Waals surface area contributed by atoms with Crippen LogP contribution in [0.4, 0.5) is 0 Å². The summed E-state index contributed by atoms with van der Waals surface area (Å²) in [7, 11) is 1.66. The topological polar surface area (TPSA) is 26.3 Å². The van der Waals surface area contributed by atoms with E-state index in [9.17, 15) is 4.79 Å². The van der Waals surface area contributed by atoms with Gasteiger partial charge < -0.3 is 4.74 Å². The van der Waals surface area contributed by atoms with Crippen LogP contribution >= 0.6 is 0 Å². The van der Waals surface area contributed by atoms with Crippen molar-refractivity contribution in [3.8, 4) is 5.75 Å². The first kappa shape index (κ1) is 14.7. The minimum Gasteiger partial charge on any atom is -0.496 e. The first-order valence-corrected chi connectivity index (χ1v) is 6.46. The molecule has 0 spiro atoms. The maximum absolute atomic E-state index is 12.2. The van der Waals surface area contributed by atoms with Crippen LogP contribution in [0.15, 0.2) is 18.2 Å². The molecule has 0 bridgehead atoms. The average molecular weight is 248 g/mol. The fraction of sp³-hybridized carbons (Fsp3) is 0.562. The number of carbonyl (C=O) groups excluding carboxylic acids is 1. The Morgan fingerprint density at radius 1 is 1.28 bits per heavy atom. The van der Waals surface area contributed by atoms with Gasteiger partial charge in [-0.1, -0.05) is 34.6 Å². The molecule has 0 heterocycles. The second-order valence-electron chi connectivity index (χ2n) is 6.27. The van der Waals surface area contributed by atoms with E-state index in [1.165, 1.54) is 0 Å². The molecule has 0 aliphatic carbocycles. The van der Waals surface area contributed by atoms with E-state index < -0.39 is 0 Å². The van der Waals surface area contributed by atoms with Gasteiger partial charge >= 0.3 is 0 Å². The van der Waals surface area contributed by atoms with Crippen LogP contribution in [0.5, 0.6) is 5.75 Å². The Morgan fingerprint density at radius 2 is 1.89 bits per heavy atom. The van der Waals surface area contributed by atoms with E-state index >= 15 is 0 Å². The predicted octanol–water partition coefficient (Wildman–Crippen LogP) is 4.44. The molecule has 100 valence electrons. The van der Waals surface area contributed by atoms with Gasteiger partial charge in [-0.2, -0.15) is 0 Å². The van der Waals surface area contributed by atoms with Crippen LogP contribution in [0.25, 0.3) is 0 Å². The van der Waals surface area contributed by atoms with Crippen molar-refractivity contribution < 1.29 is 9.53 Å². The third-order valence-electron chi connectivity index (χ3n) is 2.86. The summed E-state index contributed by atoms with van der Waals surface area (Å²) in [6, 6.07) is 5.72. The molecular weight excluding hydrogens is 224 g/mol. The normalized spacial score (nSPS) is 11.7. The molecule has 0 aliphatic heterocycles. The van der Waals surface area contributed by atoms with Crippen molar-refractivity contribution in [3.63, 3.8) is 0 Å². The largest absolute Gasteiger partial charge is 0.496 e. The lowest BCUT2D eigenvalue weighted by atomic mass is 9.87. The average Bonchev–Trinajstić information content (AvgIpc) is 2.25. The summed E-state index contributed by atoms with van der Waals surface area (Å²) in [5.74, 6) is 1.41. The summed E-state index contributed by atoms with van der Waals surface area (Å²) in [4.78, 5) is 12.2. The first-order chi connectivity index (χ1) is 8.24. The van der Waals surface area contributed by atoms with Crippen molar-refractivity contribution >= 4 is 5.78 Å². The van der Waals surface area contributed by atoms with E-state index in [-0.39, 0.29) is 11.2 Å². The molecule has 0 N–H and O–H groups in total. The minimum atomic E-state index is 0.0228. The summed E-state index contributed by atoms with van der Waals surface area (Å²) < 4.78 is 5.33. The molecule has 0 saturated carbocycles. The van der Waals surface area contributed by atoms with Gasteiger partial charge in [-0.05, 0) is 35.1 Å². The summed E-state index contributed by atoms with van der Waals surface area (Å²) in [6.45, 7) is 10.5. The molecule has 1 aromatic carbocycles. The number of Topliss-reactive ketones (excluding diaryl/α,β-unsaturated/α-hetero) is 1. The van der Waals surface area contributed by atoms with Gasteiger partial charge in [0.25, 0.3) is 0 Å². The van der Waals surface area contributed by atoms with Crippen LogP contribution in [-0.2, 0) is 0 Å². The van der Waals surface area contributed by atoms with Gasteiger partial charge in [-0.25, -0.2) is 0 Å². The number of ketones is 1. The van der Waals surface area contributed by atoms with Crippen molar-refractivity contribution in [2.75, 3.05) is 7.11 Å². The highest BCUT2D eigenvalue weighted by atomic mass is 16.5. The molecule has 0 fully saturated rings. The Labute approximate surface area is 110 Å². The Morgan fingerprint density at radius 3 is 2.33 bits per heavy atom. The number of methoxy groups -OCH3 is 1. The molecule has 0 unspecified atom stereocenters. The van der Waals surface area contributed by atoms with Gasteiger partial charge in [0.15, 0.2) is 5.78 Å². The van der Waals surface area contributed by atoms with Gasteiger partial charge in [0.1, 0.15) is 5.75 Å². The number of benzene rings is 1. The zero-order valence-corrected chi connectivity index (χ0v) is 12.3. The van der Waals surface area contributed by atoms with Crippen molar-refractivity contribution in [2.24, 2.45) is 5.41 Å². The third-order valence-corrected chi connectivity index (χ3v) is 2.86. The molecule has 2 nitrogen and oxygen atoms in total. The van der Waals surface area contributed by atoms with E-state index in [2.05, 4.69) is 34.6 Å². The van der Waals surface area contributed by atoms with E-state index in [1.807, 2.05) is 18.2 Å². The van der Waals surface area contributed by atoms with Crippen LogP contribution in [0.2, 0.25) is 0 Å². The fourth-order valence-corrected chi connectivity index (χ4v) is 1.94. The highest BCUT2D eigenvalue weighted by Gasteiger charge is 2.19. The summed E-state index contributed by atoms with van der Waals surface area (Å²) >= 11 is 0. The van der Waals surface area contributed by atoms with Gasteiger partial charge in [0.2, 0.25) is 0 Å². The van der Waals surface area contributed by atoms with Crippen molar-refractivity contribution in [1.29, 1.82) is 0 Å².